The van der Waals surface area contributed by atoms with E-state index in [0.29, 0.717) is 0 Å². The minimum Gasteiger partial charge on any atom is -0.322 e. The summed E-state index contributed by atoms with van der Waals surface area (Å²) in [4.78, 5) is 15.0. The van der Waals surface area contributed by atoms with Crippen LogP contribution in [0.4, 0.5) is 5.69 Å². The van der Waals surface area contributed by atoms with Crippen molar-refractivity contribution < 1.29 is 4.79 Å². The lowest BCUT2D eigenvalue weighted by Gasteiger charge is -2.13. The van der Waals surface area contributed by atoms with E-state index in [4.69, 9.17) is 0 Å². The molecule has 0 bridgehead atoms. The third-order valence-corrected chi connectivity index (χ3v) is 6.45. The fourth-order valence-corrected chi connectivity index (χ4v) is 4.85. The fourth-order valence-electron chi connectivity index (χ4n) is 2.96. The SMILES string of the molecule is Cn1cnnc1Sc1ccc(NC(=O)c2csc3c2CCCC3)cc1. The predicted molar refractivity (Wildman–Crippen MR) is 100 cm³/mol. The second-order valence-electron chi connectivity index (χ2n) is 6.06. The quantitative estimate of drug-likeness (QED) is 0.749. The van der Waals surface area contributed by atoms with Gasteiger partial charge in [0, 0.05) is 27.9 Å². The van der Waals surface area contributed by atoms with E-state index in [1.165, 1.54) is 23.3 Å². The lowest BCUT2D eigenvalue weighted by molar-refractivity contribution is 0.102. The van der Waals surface area contributed by atoms with Gasteiger partial charge in [-0.15, -0.1) is 21.5 Å². The zero-order valence-corrected chi connectivity index (χ0v) is 15.5. The highest BCUT2D eigenvalue weighted by atomic mass is 32.2. The van der Waals surface area contributed by atoms with Crippen molar-refractivity contribution in [3.8, 4) is 0 Å². The van der Waals surface area contributed by atoms with Gasteiger partial charge in [0.1, 0.15) is 6.33 Å². The van der Waals surface area contributed by atoms with Crippen LogP contribution < -0.4 is 5.32 Å². The number of fused-ring (bicyclic) bond motifs is 1. The number of thiophene rings is 1. The van der Waals surface area contributed by atoms with E-state index in [1.807, 2.05) is 41.3 Å². The summed E-state index contributed by atoms with van der Waals surface area (Å²) in [6.45, 7) is 0. The Balaban J connectivity index is 1.45. The molecular formula is C18H18N4OS2. The minimum absolute atomic E-state index is 0.00638. The van der Waals surface area contributed by atoms with Gasteiger partial charge in [0.2, 0.25) is 0 Å². The summed E-state index contributed by atoms with van der Waals surface area (Å²) in [5.41, 5.74) is 2.91. The molecule has 7 heteroatoms. The first-order chi connectivity index (χ1) is 12.2. The van der Waals surface area contributed by atoms with E-state index in [2.05, 4.69) is 15.5 Å². The van der Waals surface area contributed by atoms with E-state index in [9.17, 15) is 4.79 Å². The summed E-state index contributed by atoms with van der Waals surface area (Å²) in [7, 11) is 1.92. The molecule has 0 spiro atoms. The van der Waals surface area contributed by atoms with Crippen LogP contribution in [0.3, 0.4) is 0 Å². The molecule has 0 atom stereocenters. The Morgan fingerprint density at radius 3 is 2.80 bits per heavy atom. The third-order valence-electron chi connectivity index (χ3n) is 4.30. The first-order valence-corrected chi connectivity index (χ1v) is 9.93. The van der Waals surface area contributed by atoms with Crippen LogP contribution in [0, 0.1) is 0 Å². The molecule has 2 heterocycles. The molecule has 1 aromatic carbocycles. The molecule has 0 unspecified atom stereocenters. The molecule has 128 valence electrons. The zero-order valence-electron chi connectivity index (χ0n) is 13.9. The summed E-state index contributed by atoms with van der Waals surface area (Å²) < 4.78 is 1.88. The number of anilines is 1. The van der Waals surface area contributed by atoms with Crippen LogP contribution in [0.5, 0.6) is 0 Å². The van der Waals surface area contributed by atoms with E-state index in [1.54, 1.807) is 29.4 Å². The van der Waals surface area contributed by atoms with Crippen molar-refractivity contribution in [2.24, 2.45) is 7.05 Å². The highest BCUT2D eigenvalue weighted by Gasteiger charge is 2.20. The maximum absolute atomic E-state index is 12.6. The Morgan fingerprint density at radius 1 is 1.24 bits per heavy atom. The fraction of sp³-hybridized carbons (Fsp3) is 0.278. The Hall–Kier alpha value is -2.12. The molecule has 1 aliphatic carbocycles. The Kier molecular flexibility index (Phi) is 4.59. The maximum Gasteiger partial charge on any atom is 0.256 e. The number of amides is 1. The number of hydrogen-bond acceptors (Lipinski definition) is 5. The lowest BCUT2D eigenvalue weighted by atomic mass is 9.95. The molecule has 0 saturated carbocycles. The molecule has 1 N–H and O–H groups in total. The zero-order chi connectivity index (χ0) is 17.2. The minimum atomic E-state index is -0.00638. The van der Waals surface area contributed by atoms with Gasteiger partial charge < -0.3 is 9.88 Å². The summed E-state index contributed by atoms with van der Waals surface area (Å²) in [6, 6.07) is 7.82. The van der Waals surface area contributed by atoms with Crippen LogP contribution >= 0.6 is 23.1 Å². The van der Waals surface area contributed by atoms with Gasteiger partial charge in [-0.3, -0.25) is 4.79 Å². The predicted octanol–water partition coefficient (Wildman–Crippen LogP) is 4.16. The van der Waals surface area contributed by atoms with Crippen LogP contribution in [0.25, 0.3) is 0 Å². The second-order valence-corrected chi connectivity index (χ2v) is 8.07. The summed E-state index contributed by atoms with van der Waals surface area (Å²) in [5, 5.41) is 13.8. The van der Waals surface area contributed by atoms with Crippen molar-refractivity contribution in [2.45, 2.75) is 35.7 Å². The molecule has 0 saturated heterocycles. The first kappa shape index (κ1) is 16.4. The molecule has 1 aliphatic rings. The van der Waals surface area contributed by atoms with Crippen molar-refractivity contribution in [3.05, 3.63) is 52.0 Å². The number of carbonyl (C=O) groups is 1. The van der Waals surface area contributed by atoms with Crippen molar-refractivity contribution in [1.82, 2.24) is 14.8 Å². The third kappa shape index (κ3) is 3.48. The molecule has 2 aromatic heterocycles. The Morgan fingerprint density at radius 2 is 2.04 bits per heavy atom. The van der Waals surface area contributed by atoms with Gasteiger partial charge in [-0.25, -0.2) is 0 Å². The van der Waals surface area contributed by atoms with Gasteiger partial charge in [0.05, 0.1) is 5.56 Å². The van der Waals surface area contributed by atoms with Gasteiger partial charge in [0.15, 0.2) is 5.16 Å². The van der Waals surface area contributed by atoms with Crippen molar-refractivity contribution in [3.63, 3.8) is 0 Å². The number of rotatable bonds is 4. The molecule has 25 heavy (non-hydrogen) atoms. The summed E-state index contributed by atoms with van der Waals surface area (Å²) >= 11 is 3.26. The molecule has 5 nitrogen and oxygen atoms in total. The number of aromatic nitrogens is 3. The summed E-state index contributed by atoms with van der Waals surface area (Å²) in [5.74, 6) is -0.00638. The van der Waals surface area contributed by atoms with Crippen LogP contribution in [0.2, 0.25) is 0 Å². The van der Waals surface area contributed by atoms with Crippen LogP contribution in [-0.2, 0) is 19.9 Å². The van der Waals surface area contributed by atoms with Crippen molar-refractivity contribution >= 4 is 34.7 Å². The van der Waals surface area contributed by atoms with Gasteiger partial charge in [-0.05, 0) is 67.3 Å². The molecule has 0 aliphatic heterocycles. The molecule has 4 rings (SSSR count). The number of hydrogen-bond donors (Lipinski definition) is 1. The average Bonchev–Trinajstić information content (AvgIpc) is 3.23. The van der Waals surface area contributed by atoms with Crippen molar-refractivity contribution in [1.29, 1.82) is 0 Å². The number of aryl methyl sites for hydroxylation is 2. The lowest BCUT2D eigenvalue weighted by Crippen LogP contribution is -2.14. The van der Waals surface area contributed by atoms with E-state index in [-0.39, 0.29) is 5.91 Å². The number of nitrogens with zero attached hydrogens (tertiary/aromatic N) is 3. The van der Waals surface area contributed by atoms with Crippen LogP contribution in [-0.4, -0.2) is 20.7 Å². The number of carbonyl (C=O) groups excluding carboxylic acids is 1. The second kappa shape index (κ2) is 7.01. The monoisotopic (exact) mass is 370 g/mol. The molecular weight excluding hydrogens is 352 g/mol. The summed E-state index contributed by atoms with van der Waals surface area (Å²) in [6.07, 6.45) is 6.23. The normalized spacial score (nSPS) is 13.5. The van der Waals surface area contributed by atoms with E-state index >= 15 is 0 Å². The molecule has 0 fully saturated rings. The van der Waals surface area contributed by atoms with Crippen LogP contribution in [0.1, 0.15) is 33.6 Å². The molecule has 0 radical (unpaired) electrons. The number of benzene rings is 1. The van der Waals surface area contributed by atoms with Gasteiger partial charge >= 0.3 is 0 Å². The maximum atomic E-state index is 12.6. The van der Waals surface area contributed by atoms with Gasteiger partial charge in [-0.1, -0.05) is 0 Å². The first-order valence-electron chi connectivity index (χ1n) is 8.23. The Bertz CT molecular complexity index is 898. The molecule has 1 amide bonds. The van der Waals surface area contributed by atoms with Crippen molar-refractivity contribution in [2.75, 3.05) is 5.32 Å². The smallest absolute Gasteiger partial charge is 0.256 e. The van der Waals surface area contributed by atoms with Crippen LogP contribution in [0.15, 0.2) is 46.0 Å². The highest BCUT2D eigenvalue weighted by Crippen LogP contribution is 2.31. The van der Waals surface area contributed by atoms with Gasteiger partial charge in [-0.2, -0.15) is 0 Å². The topological polar surface area (TPSA) is 59.8 Å². The van der Waals surface area contributed by atoms with E-state index in [0.717, 1.165) is 34.1 Å². The highest BCUT2D eigenvalue weighted by molar-refractivity contribution is 7.99. The van der Waals surface area contributed by atoms with E-state index < -0.39 is 0 Å². The molecule has 3 aromatic rings. The standard InChI is InChI=1S/C18H18N4OS2/c1-22-11-19-21-18(22)25-13-8-6-12(7-9-13)20-17(23)15-10-24-16-5-3-2-4-14(15)16/h6-11H,2-5H2,1H3,(H,20,23). The Labute approximate surface area is 154 Å². The van der Waals surface area contributed by atoms with Gasteiger partial charge in [0.25, 0.3) is 5.91 Å². The largest absolute Gasteiger partial charge is 0.322 e. The number of nitrogens with one attached hydrogen (secondary N) is 1. The average molecular weight is 371 g/mol.